The standard InChI is InChI=1S/C23H30ClN3O3/c1-15(2)14-27-23(24)18(16(3)25-27)9-11-22(28)26-12-6-7-20(26)19-13-17(29-4)8-10-21(19)30-5/h8-11,13,15,20H,6-7,12,14H2,1-5H3/b11-9+. The van der Waals surface area contributed by atoms with Gasteiger partial charge in [-0.15, -0.1) is 0 Å². The van der Waals surface area contributed by atoms with Gasteiger partial charge in [-0.05, 0) is 50.0 Å². The molecular formula is C23H30ClN3O3. The molecule has 1 saturated heterocycles. The Balaban J connectivity index is 1.83. The molecule has 1 aromatic heterocycles. The van der Waals surface area contributed by atoms with E-state index >= 15 is 0 Å². The van der Waals surface area contributed by atoms with Crippen molar-refractivity contribution in [3.63, 3.8) is 0 Å². The van der Waals surface area contributed by atoms with Crippen LogP contribution in [0.25, 0.3) is 6.08 Å². The second-order valence-corrected chi connectivity index (χ2v) is 8.35. The smallest absolute Gasteiger partial charge is 0.247 e. The van der Waals surface area contributed by atoms with Crippen molar-refractivity contribution in [2.75, 3.05) is 20.8 Å². The number of carbonyl (C=O) groups excluding carboxylic acids is 1. The van der Waals surface area contributed by atoms with E-state index < -0.39 is 0 Å². The second kappa shape index (κ2) is 9.56. The van der Waals surface area contributed by atoms with Crippen LogP contribution in [0.4, 0.5) is 0 Å². The van der Waals surface area contributed by atoms with Gasteiger partial charge >= 0.3 is 0 Å². The largest absolute Gasteiger partial charge is 0.497 e. The minimum atomic E-state index is -0.0487. The Labute approximate surface area is 183 Å². The number of benzene rings is 1. The van der Waals surface area contributed by atoms with Gasteiger partial charge in [0.15, 0.2) is 0 Å². The summed E-state index contributed by atoms with van der Waals surface area (Å²) in [6, 6.07) is 5.66. The van der Waals surface area contributed by atoms with Crippen LogP contribution in [0.3, 0.4) is 0 Å². The molecule has 1 aromatic carbocycles. The minimum absolute atomic E-state index is 0.0468. The van der Waals surface area contributed by atoms with Gasteiger partial charge in [0, 0.05) is 30.3 Å². The van der Waals surface area contributed by atoms with E-state index in [1.54, 1.807) is 31.1 Å². The van der Waals surface area contributed by atoms with Crippen molar-refractivity contribution in [2.24, 2.45) is 5.92 Å². The maximum atomic E-state index is 13.1. The number of hydrogen-bond acceptors (Lipinski definition) is 4. The lowest BCUT2D eigenvalue weighted by Gasteiger charge is -2.25. The number of methoxy groups -OCH3 is 2. The van der Waals surface area contributed by atoms with Crippen LogP contribution < -0.4 is 9.47 Å². The Bertz CT molecular complexity index is 936. The van der Waals surface area contributed by atoms with Crippen molar-refractivity contribution in [3.8, 4) is 11.5 Å². The molecule has 0 bridgehead atoms. The maximum Gasteiger partial charge on any atom is 0.247 e. The summed E-state index contributed by atoms with van der Waals surface area (Å²) in [6.45, 7) is 7.59. The van der Waals surface area contributed by atoms with E-state index in [0.717, 1.165) is 47.7 Å². The van der Waals surface area contributed by atoms with Crippen molar-refractivity contribution in [1.29, 1.82) is 0 Å². The summed E-state index contributed by atoms with van der Waals surface area (Å²) in [5.74, 6) is 1.90. The zero-order valence-corrected chi connectivity index (χ0v) is 19.1. The van der Waals surface area contributed by atoms with E-state index in [2.05, 4.69) is 18.9 Å². The lowest BCUT2D eigenvalue weighted by molar-refractivity contribution is -0.126. The molecule has 6 nitrogen and oxygen atoms in total. The van der Waals surface area contributed by atoms with Crippen LogP contribution in [0.2, 0.25) is 5.15 Å². The van der Waals surface area contributed by atoms with Gasteiger partial charge in [0.05, 0.1) is 26.0 Å². The average molecular weight is 432 g/mol. The van der Waals surface area contributed by atoms with Crippen LogP contribution in [0.15, 0.2) is 24.3 Å². The molecule has 1 atom stereocenters. The number of rotatable bonds is 7. The Morgan fingerprint density at radius 1 is 1.33 bits per heavy atom. The zero-order chi connectivity index (χ0) is 21.8. The SMILES string of the molecule is COc1ccc(OC)c(C2CCCN2C(=O)/C=C/c2c(C)nn(CC(C)C)c2Cl)c1. The first kappa shape index (κ1) is 22.2. The number of carbonyl (C=O) groups is 1. The Kier molecular flexibility index (Phi) is 7.08. The molecule has 2 aromatic rings. The topological polar surface area (TPSA) is 56.6 Å². The lowest BCUT2D eigenvalue weighted by Crippen LogP contribution is -2.29. The third-order valence-corrected chi connectivity index (χ3v) is 5.77. The van der Waals surface area contributed by atoms with E-state index in [9.17, 15) is 4.79 Å². The van der Waals surface area contributed by atoms with Crippen LogP contribution >= 0.6 is 11.6 Å². The highest BCUT2D eigenvalue weighted by molar-refractivity contribution is 6.31. The number of aryl methyl sites for hydroxylation is 1. The summed E-state index contributed by atoms with van der Waals surface area (Å²) < 4.78 is 12.7. The van der Waals surface area contributed by atoms with Gasteiger partial charge in [-0.25, -0.2) is 0 Å². The molecule has 1 unspecified atom stereocenters. The summed E-state index contributed by atoms with van der Waals surface area (Å²) in [5.41, 5.74) is 2.58. The third-order valence-electron chi connectivity index (χ3n) is 5.37. The molecule has 0 radical (unpaired) electrons. The number of halogens is 1. The fourth-order valence-corrected chi connectivity index (χ4v) is 4.23. The quantitative estimate of drug-likeness (QED) is 0.585. The van der Waals surface area contributed by atoms with Crippen LogP contribution in [0.5, 0.6) is 11.5 Å². The highest BCUT2D eigenvalue weighted by Gasteiger charge is 2.31. The molecule has 1 amide bonds. The summed E-state index contributed by atoms with van der Waals surface area (Å²) in [4.78, 5) is 14.9. The molecule has 1 aliphatic heterocycles. The number of ether oxygens (including phenoxy) is 2. The molecular weight excluding hydrogens is 402 g/mol. The van der Waals surface area contributed by atoms with Gasteiger partial charge in [0.2, 0.25) is 5.91 Å². The van der Waals surface area contributed by atoms with Gasteiger partial charge in [-0.3, -0.25) is 9.48 Å². The second-order valence-electron chi connectivity index (χ2n) is 8.00. The molecule has 2 heterocycles. The fraction of sp³-hybridized carbons (Fsp3) is 0.478. The predicted molar refractivity (Wildman–Crippen MR) is 119 cm³/mol. The fourth-order valence-electron chi connectivity index (χ4n) is 3.93. The van der Waals surface area contributed by atoms with Gasteiger partial charge in [-0.2, -0.15) is 5.10 Å². The van der Waals surface area contributed by atoms with Crippen molar-refractivity contribution in [2.45, 2.75) is 46.2 Å². The number of nitrogens with zero attached hydrogens (tertiary/aromatic N) is 3. The molecule has 0 N–H and O–H groups in total. The zero-order valence-electron chi connectivity index (χ0n) is 18.3. The molecule has 162 valence electrons. The first-order valence-corrected chi connectivity index (χ1v) is 10.7. The first-order chi connectivity index (χ1) is 14.3. The summed E-state index contributed by atoms with van der Waals surface area (Å²) in [5, 5.41) is 5.08. The van der Waals surface area contributed by atoms with E-state index in [4.69, 9.17) is 21.1 Å². The van der Waals surface area contributed by atoms with Crippen molar-refractivity contribution in [1.82, 2.24) is 14.7 Å². The van der Waals surface area contributed by atoms with E-state index in [1.807, 2.05) is 30.0 Å². The van der Waals surface area contributed by atoms with Crippen molar-refractivity contribution in [3.05, 3.63) is 46.2 Å². The van der Waals surface area contributed by atoms with Gasteiger partial charge < -0.3 is 14.4 Å². The molecule has 0 spiro atoms. The van der Waals surface area contributed by atoms with Crippen LogP contribution in [0, 0.1) is 12.8 Å². The van der Waals surface area contributed by atoms with Gasteiger partial charge in [-0.1, -0.05) is 25.4 Å². The molecule has 1 fully saturated rings. The van der Waals surface area contributed by atoms with Crippen LogP contribution in [-0.2, 0) is 11.3 Å². The average Bonchev–Trinajstić information content (AvgIpc) is 3.31. The van der Waals surface area contributed by atoms with E-state index in [0.29, 0.717) is 17.6 Å². The Morgan fingerprint density at radius 2 is 2.10 bits per heavy atom. The van der Waals surface area contributed by atoms with Gasteiger partial charge in [0.25, 0.3) is 0 Å². The molecule has 0 aliphatic carbocycles. The van der Waals surface area contributed by atoms with Crippen LogP contribution in [-0.4, -0.2) is 41.4 Å². The lowest BCUT2D eigenvalue weighted by atomic mass is 10.0. The third kappa shape index (κ3) is 4.64. The first-order valence-electron chi connectivity index (χ1n) is 10.3. The predicted octanol–water partition coefficient (Wildman–Crippen LogP) is 4.90. The maximum absolute atomic E-state index is 13.1. The summed E-state index contributed by atoms with van der Waals surface area (Å²) >= 11 is 6.51. The van der Waals surface area contributed by atoms with Crippen molar-refractivity contribution >= 4 is 23.6 Å². The van der Waals surface area contributed by atoms with Crippen LogP contribution in [0.1, 0.15) is 49.6 Å². The Hall–Kier alpha value is -2.47. The molecule has 7 heteroatoms. The number of aromatic nitrogens is 2. The summed E-state index contributed by atoms with van der Waals surface area (Å²) in [7, 11) is 3.28. The summed E-state index contributed by atoms with van der Waals surface area (Å²) in [6.07, 6.45) is 5.20. The number of hydrogen-bond donors (Lipinski definition) is 0. The van der Waals surface area contributed by atoms with Gasteiger partial charge in [0.1, 0.15) is 16.7 Å². The molecule has 1 aliphatic rings. The highest BCUT2D eigenvalue weighted by atomic mass is 35.5. The Morgan fingerprint density at radius 3 is 2.77 bits per heavy atom. The van der Waals surface area contributed by atoms with Crippen molar-refractivity contribution < 1.29 is 14.3 Å². The monoisotopic (exact) mass is 431 g/mol. The highest BCUT2D eigenvalue weighted by Crippen LogP contribution is 2.39. The molecule has 0 saturated carbocycles. The number of likely N-dealkylation sites (tertiary alicyclic amines) is 1. The minimum Gasteiger partial charge on any atom is -0.497 e. The van der Waals surface area contributed by atoms with E-state index in [-0.39, 0.29) is 11.9 Å². The molecule has 30 heavy (non-hydrogen) atoms. The normalized spacial score (nSPS) is 16.6. The number of amides is 1. The molecule has 3 rings (SSSR count). The van der Waals surface area contributed by atoms with E-state index in [1.165, 1.54) is 0 Å².